The van der Waals surface area contributed by atoms with Crippen LogP contribution in [-0.4, -0.2) is 62.7 Å². The minimum Gasteiger partial charge on any atom is -0.316 e. The molecule has 0 saturated carbocycles. The van der Waals surface area contributed by atoms with Crippen LogP contribution >= 0.6 is 12.4 Å². The van der Waals surface area contributed by atoms with Crippen LogP contribution in [-0.2, 0) is 0 Å². The summed E-state index contributed by atoms with van der Waals surface area (Å²) < 4.78 is 0. The van der Waals surface area contributed by atoms with Gasteiger partial charge in [0.05, 0.1) is 0 Å². The summed E-state index contributed by atoms with van der Waals surface area (Å²) in [4.78, 5) is 5.24. The Kier molecular flexibility index (Phi) is 4.03. The Hall–Kier alpha value is 0.170. The van der Waals surface area contributed by atoms with Gasteiger partial charge in [-0.15, -0.1) is 12.4 Å². The van der Waals surface area contributed by atoms with E-state index in [-0.39, 0.29) is 12.4 Å². The molecule has 0 aromatic rings. The van der Waals surface area contributed by atoms with Crippen molar-refractivity contribution in [2.75, 3.05) is 52.9 Å². The zero-order chi connectivity index (χ0) is 11.2. The lowest BCUT2D eigenvalue weighted by atomic mass is 9.89. The third-order valence-corrected chi connectivity index (χ3v) is 4.81. The van der Waals surface area contributed by atoms with Crippen molar-refractivity contribution in [1.29, 1.82) is 0 Å². The summed E-state index contributed by atoms with van der Waals surface area (Å²) in [6.45, 7) is 11.6. The van der Waals surface area contributed by atoms with E-state index >= 15 is 0 Å². The third kappa shape index (κ3) is 2.78. The molecule has 0 radical (unpaired) electrons. The maximum absolute atomic E-state index is 3.51. The molecule has 1 N–H and O–H groups in total. The smallest absolute Gasteiger partial charge is 0.00482 e. The standard InChI is InChI=1S/C13H25N3.ClH/c1-13(3-4-14-9-13)10-16-7-11-5-15(2)6-12(11)8-16;/h11-12,14H,3-10H2,1-2H3;1H/t11-,12+,13?;. The molecular weight excluding hydrogens is 234 g/mol. The Labute approximate surface area is 111 Å². The number of likely N-dealkylation sites (tertiary alicyclic amines) is 2. The molecular formula is C13H26ClN3. The second-order valence-corrected chi connectivity index (χ2v) is 6.67. The van der Waals surface area contributed by atoms with E-state index in [4.69, 9.17) is 0 Å². The molecule has 3 saturated heterocycles. The summed E-state index contributed by atoms with van der Waals surface area (Å²) in [5.74, 6) is 1.92. The molecule has 100 valence electrons. The van der Waals surface area contributed by atoms with Crippen molar-refractivity contribution < 1.29 is 0 Å². The maximum atomic E-state index is 3.51. The van der Waals surface area contributed by atoms with Crippen LogP contribution in [0.1, 0.15) is 13.3 Å². The Morgan fingerprint density at radius 3 is 2.35 bits per heavy atom. The van der Waals surface area contributed by atoms with E-state index in [1.54, 1.807) is 0 Å². The summed E-state index contributed by atoms with van der Waals surface area (Å²) in [6, 6.07) is 0. The monoisotopic (exact) mass is 259 g/mol. The van der Waals surface area contributed by atoms with Gasteiger partial charge >= 0.3 is 0 Å². The first-order valence-electron chi connectivity index (χ1n) is 6.76. The molecule has 3 atom stereocenters. The fraction of sp³-hybridized carbons (Fsp3) is 1.00. The van der Waals surface area contributed by atoms with Gasteiger partial charge in [0.25, 0.3) is 0 Å². The molecule has 4 heteroatoms. The molecule has 3 fully saturated rings. The number of fused-ring (bicyclic) bond motifs is 1. The van der Waals surface area contributed by atoms with Crippen molar-refractivity contribution in [3.05, 3.63) is 0 Å². The molecule has 0 aromatic carbocycles. The lowest BCUT2D eigenvalue weighted by Crippen LogP contribution is -2.37. The average Bonchev–Trinajstić information content (AvgIpc) is 2.81. The number of hydrogen-bond acceptors (Lipinski definition) is 3. The SMILES string of the molecule is CN1C[C@@H]2CN(CC3(C)CCNC3)C[C@@H]2C1.Cl. The molecule has 0 spiro atoms. The van der Waals surface area contributed by atoms with Crippen LogP contribution in [0.15, 0.2) is 0 Å². The van der Waals surface area contributed by atoms with Crippen LogP contribution in [0.25, 0.3) is 0 Å². The number of halogens is 1. The molecule has 3 aliphatic heterocycles. The molecule has 1 unspecified atom stereocenters. The normalized spacial score (nSPS) is 42.7. The van der Waals surface area contributed by atoms with Gasteiger partial charge in [-0.05, 0) is 37.3 Å². The minimum absolute atomic E-state index is 0. The van der Waals surface area contributed by atoms with Crippen LogP contribution in [0, 0.1) is 17.3 Å². The van der Waals surface area contributed by atoms with Gasteiger partial charge in [-0.3, -0.25) is 0 Å². The molecule has 3 heterocycles. The van der Waals surface area contributed by atoms with Crippen LogP contribution in [0.5, 0.6) is 0 Å². The van der Waals surface area contributed by atoms with Gasteiger partial charge in [0, 0.05) is 39.3 Å². The summed E-state index contributed by atoms with van der Waals surface area (Å²) in [5, 5.41) is 3.51. The fourth-order valence-electron chi connectivity index (χ4n) is 4.00. The highest BCUT2D eigenvalue weighted by molar-refractivity contribution is 5.85. The molecule has 3 rings (SSSR count). The molecule has 3 aliphatic rings. The van der Waals surface area contributed by atoms with Crippen molar-refractivity contribution in [1.82, 2.24) is 15.1 Å². The number of nitrogens with zero attached hydrogens (tertiary/aromatic N) is 2. The van der Waals surface area contributed by atoms with Crippen molar-refractivity contribution >= 4 is 12.4 Å². The Balaban J connectivity index is 0.00000108. The van der Waals surface area contributed by atoms with Crippen LogP contribution in [0.4, 0.5) is 0 Å². The third-order valence-electron chi connectivity index (χ3n) is 4.81. The summed E-state index contributed by atoms with van der Waals surface area (Å²) in [5.41, 5.74) is 0.546. The summed E-state index contributed by atoms with van der Waals surface area (Å²) in [6.07, 6.45) is 1.36. The van der Waals surface area contributed by atoms with E-state index in [0.717, 1.165) is 11.8 Å². The lowest BCUT2D eigenvalue weighted by molar-refractivity contribution is 0.189. The van der Waals surface area contributed by atoms with E-state index in [1.807, 2.05) is 0 Å². The van der Waals surface area contributed by atoms with Crippen molar-refractivity contribution in [2.45, 2.75) is 13.3 Å². The zero-order valence-electron chi connectivity index (χ0n) is 11.1. The second-order valence-electron chi connectivity index (χ2n) is 6.67. The van der Waals surface area contributed by atoms with Gasteiger partial charge in [0.2, 0.25) is 0 Å². The van der Waals surface area contributed by atoms with E-state index in [9.17, 15) is 0 Å². The van der Waals surface area contributed by atoms with Crippen LogP contribution in [0.2, 0.25) is 0 Å². The van der Waals surface area contributed by atoms with E-state index in [1.165, 1.54) is 52.2 Å². The van der Waals surface area contributed by atoms with Crippen LogP contribution < -0.4 is 5.32 Å². The van der Waals surface area contributed by atoms with E-state index in [2.05, 4.69) is 29.1 Å². The van der Waals surface area contributed by atoms with E-state index in [0.29, 0.717) is 5.41 Å². The van der Waals surface area contributed by atoms with Gasteiger partial charge in [0.1, 0.15) is 0 Å². The summed E-state index contributed by atoms with van der Waals surface area (Å²) >= 11 is 0. The van der Waals surface area contributed by atoms with Gasteiger partial charge in [-0.25, -0.2) is 0 Å². The second kappa shape index (κ2) is 5.04. The van der Waals surface area contributed by atoms with Crippen molar-refractivity contribution in [2.24, 2.45) is 17.3 Å². The number of nitrogens with one attached hydrogen (secondary N) is 1. The Morgan fingerprint density at radius 2 is 1.82 bits per heavy atom. The zero-order valence-corrected chi connectivity index (χ0v) is 11.9. The predicted molar refractivity (Wildman–Crippen MR) is 73.8 cm³/mol. The minimum atomic E-state index is 0. The van der Waals surface area contributed by atoms with Gasteiger partial charge < -0.3 is 15.1 Å². The molecule has 17 heavy (non-hydrogen) atoms. The highest BCUT2D eigenvalue weighted by Crippen LogP contribution is 2.33. The number of hydrogen-bond donors (Lipinski definition) is 1. The topological polar surface area (TPSA) is 18.5 Å². The first-order valence-corrected chi connectivity index (χ1v) is 6.76. The summed E-state index contributed by atoms with van der Waals surface area (Å²) in [7, 11) is 2.27. The molecule has 0 amide bonds. The number of rotatable bonds is 2. The maximum Gasteiger partial charge on any atom is 0.00482 e. The quantitative estimate of drug-likeness (QED) is 0.795. The lowest BCUT2D eigenvalue weighted by Gasteiger charge is -2.29. The molecule has 3 nitrogen and oxygen atoms in total. The van der Waals surface area contributed by atoms with Crippen LogP contribution in [0.3, 0.4) is 0 Å². The average molecular weight is 260 g/mol. The molecule has 0 aromatic heterocycles. The molecule has 0 bridgehead atoms. The van der Waals surface area contributed by atoms with Gasteiger partial charge in [-0.1, -0.05) is 6.92 Å². The predicted octanol–water partition coefficient (Wildman–Crippen LogP) is 0.901. The largest absolute Gasteiger partial charge is 0.316 e. The Bertz CT molecular complexity index is 251. The van der Waals surface area contributed by atoms with Crippen molar-refractivity contribution in [3.63, 3.8) is 0 Å². The highest BCUT2D eigenvalue weighted by Gasteiger charge is 2.41. The molecule has 0 aliphatic carbocycles. The highest BCUT2D eigenvalue weighted by atomic mass is 35.5. The Morgan fingerprint density at radius 1 is 1.18 bits per heavy atom. The van der Waals surface area contributed by atoms with Crippen molar-refractivity contribution in [3.8, 4) is 0 Å². The first kappa shape index (κ1) is 13.6. The van der Waals surface area contributed by atoms with Gasteiger partial charge in [0.15, 0.2) is 0 Å². The fourth-order valence-corrected chi connectivity index (χ4v) is 4.00. The van der Waals surface area contributed by atoms with Gasteiger partial charge in [-0.2, -0.15) is 0 Å². The first-order chi connectivity index (χ1) is 7.65. The van der Waals surface area contributed by atoms with E-state index < -0.39 is 0 Å².